The first-order chi connectivity index (χ1) is 5.36. The second-order valence-corrected chi connectivity index (χ2v) is 2.38. The van der Waals surface area contributed by atoms with Crippen LogP contribution in [0.5, 0.6) is 0 Å². The molecule has 1 aromatic rings. The van der Waals surface area contributed by atoms with Crippen molar-refractivity contribution < 1.29 is 4.42 Å². The van der Waals surface area contributed by atoms with E-state index in [0.29, 0.717) is 18.9 Å². The Morgan fingerprint density at radius 3 is 2.45 bits per heavy atom. The summed E-state index contributed by atoms with van der Waals surface area (Å²) in [7, 11) is 0. The molecule has 62 valence electrons. The minimum atomic E-state index is 0.563. The number of aryl methyl sites for hydroxylation is 1. The lowest BCUT2D eigenvalue weighted by atomic mass is 10.3. The second-order valence-electron chi connectivity index (χ2n) is 2.38. The lowest BCUT2D eigenvalue weighted by molar-refractivity contribution is 0.448. The van der Waals surface area contributed by atoms with Crippen molar-refractivity contribution in [3.8, 4) is 0 Å². The summed E-state index contributed by atoms with van der Waals surface area (Å²) in [4.78, 5) is 0. The monoisotopic (exact) mass is 155 g/mol. The van der Waals surface area contributed by atoms with Crippen molar-refractivity contribution in [2.75, 3.05) is 6.54 Å². The van der Waals surface area contributed by atoms with Crippen LogP contribution in [0.1, 0.15) is 25.1 Å². The van der Waals surface area contributed by atoms with Gasteiger partial charge < -0.3 is 10.2 Å². The molecule has 0 saturated heterocycles. The fourth-order valence-electron chi connectivity index (χ4n) is 0.828. The van der Waals surface area contributed by atoms with Gasteiger partial charge in [-0.3, -0.25) is 0 Å². The smallest absolute Gasteiger partial charge is 0.217 e. The fraction of sp³-hybridized carbons (Fsp3) is 0.714. The first-order valence-electron chi connectivity index (χ1n) is 3.88. The Morgan fingerprint density at radius 1 is 1.27 bits per heavy atom. The zero-order chi connectivity index (χ0) is 8.10. The van der Waals surface area contributed by atoms with Crippen LogP contribution >= 0.6 is 0 Å². The quantitative estimate of drug-likeness (QED) is 0.688. The number of hydrogen-bond donors (Lipinski definition) is 1. The van der Waals surface area contributed by atoms with E-state index < -0.39 is 0 Å². The zero-order valence-electron chi connectivity index (χ0n) is 6.71. The first kappa shape index (κ1) is 8.20. The Labute approximate surface area is 65.8 Å². The summed E-state index contributed by atoms with van der Waals surface area (Å²) in [5.74, 6) is 1.37. The summed E-state index contributed by atoms with van der Waals surface area (Å²) in [5, 5.41) is 7.68. The molecule has 0 aromatic carbocycles. The average Bonchev–Trinajstić information content (AvgIpc) is 2.38. The van der Waals surface area contributed by atoms with E-state index in [0.717, 1.165) is 18.7 Å². The van der Waals surface area contributed by atoms with Gasteiger partial charge in [-0.05, 0) is 6.42 Å². The average molecular weight is 155 g/mol. The molecule has 0 unspecified atom stereocenters. The molecule has 0 atom stereocenters. The van der Waals surface area contributed by atoms with Gasteiger partial charge in [0.25, 0.3) is 0 Å². The van der Waals surface area contributed by atoms with Gasteiger partial charge in [-0.25, -0.2) is 0 Å². The molecule has 0 aliphatic rings. The van der Waals surface area contributed by atoms with E-state index in [9.17, 15) is 0 Å². The van der Waals surface area contributed by atoms with Crippen LogP contribution in [0, 0.1) is 0 Å². The highest BCUT2D eigenvalue weighted by atomic mass is 16.4. The zero-order valence-corrected chi connectivity index (χ0v) is 6.71. The van der Waals surface area contributed by atoms with Crippen LogP contribution in [0.4, 0.5) is 0 Å². The largest absolute Gasteiger partial charge is 0.425 e. The summed E-state index contributed by atoms with van der Waals surface area (Å²) >= 11 is 0. The van der Waals surface area contributed by atoms with E-state index in [-0.39, 0.29) is 0 Å². The van der Waals surface area contributed by atoms with Crippen molar-refractivity contribution in [2.45, 2.75) is 26.2 Å². The molecular formula is C7H13N3O. The summed E-state index contributed by atoms with van der Waals surface area (Å²) in [5.41, 5.74) is 5.32. The van der Waals surface area contributed by atoms with Crippen LogP contribution in [-0.4, -0.2) is 16.7 Å². The Kier molecular flexibility index (Phi) is 3.04. The third-order valence-corrected chi connectivity index (χ3v) is 1.33. The molecule has 2 N–H and O–H groups in total. The molecule has 0 radical (unpaired) electrons. The fourth-order valence-corrected chi connectivity index (χ4v) is 0.828. The minimum absolute atomic E-state index is 0.563. The van der Waals surface area contributed by atoms with Gasteiger partial charge in [-0.2, -0.15) is 0 Å². The van der Waals surface area contributed by atoms with Gasteiger partial charge in [0, 0.05) is 19.4 Å². The van der Waals surface area contributed by atoms with E-state index in [1.165, 1.54) is 0 Å². The van der Waals surface area contributed by atoms with E-state index in [1.54, 1.807) is 0 Å². The normalized spacial score (nSPS) is 10.4. The van der Waals surface area contributed by atoms with Gasteiger partial charge in [-0.1, -0.05) is 6.92 Å². The molecule has 4 heteroatoms. The highest BCUT2D eigenvalue weighted by molar-refractivity contribution is 4.81. The number of aromatic nitrogens is 2. The van der Waals surface area contributed by atoms with Crippen molar-refractivity contribution in [3.63, 3.8) is 0 Å². The van der Waals surface area contributed by atoms with Crippen molar-refractivity contribution >= 4 is 0 Å². The Balaban J connectivity index is 2.51. The highest BCUT2D eigenvalue weighted by Crippen LogP contribution is 2.01. The van der Waals surface area contributed by atoms with E-state index in [2.05, 4.69) is 17.1 Å². The maximum absolute atomic E-state index is 5.32. The molecule has 0 fully saturated rings. The summed E-state index contributed by atoms with van der Waals surface area (Å²) < 4.78 is 5.26. The van der Waals surface area contributed by atoms with E-state index in [1.807, 2.05) is 0 Å². The lowest BCUT2D eigenvalue weighted by Crippen LogP contribution is -2.02. The van der Waals surface area contributed by atoms with E-state index in [4.69, 9.17) is 10.2 Å². The SMILES string of the molecule is CCCc1nnc(CCN)o1. The van der Waals surface area contributed by atoms with Crippen LogP contribution in [0.3, 0.4) is 0 Å². The highest BCUT2D eigenvalue weighted by Gasteiger charge is 2.02. The predicted octanol–water partition coefficient (Wildman–Crippen LogP) is 0.523. The molecule has 0 saturated carbocycles. The van der Waals surface area contributed by atoms with Crippen molar-refractivity contribution in [1.29, 1.82) is 0 Å². The van der Waals surface area contributed by atoms with Crippen LogP contribution in [0.2, 0.25) is 0 Å². The summed E-state index contributed by atoms with van der Waals surface area (Å²) in [6.07, 6.45) is 2.57. The van der Waals surface area contributed by atoms with Gasteiger partial charge >= 0.3 is 0 Å². The molecule has 0 amide bonds. The molecule has 0 spiro atoms. The number of rotatable bonds is 4. The topological polar surface area (TPSA) is 64.9 Å². The molecule has 0 aliphatic heterocycles. The number of nitrogens with two attached hydrogens (primary N) is 1. The van der Waals surface area contributed by atoms with Crippen LogP contribution in [-0.2, 0) is 12.8 Å². The van der Waals surface area contributed by atoms with Gasteiger partial charge in [0.15, 0.2) is 0 Å². The van der Waals surface area contributed by atoms with Crippen molar-refractivity contribution in [2.24, 2.45) is 5.73 Å². The van der Waals surface area contributed by atoms with Crippen molar-refractivity contribution in [1.82, 2.24) is 10.2 Å². The number of nitrogens with zero attached hydrogens (tertiary/aromatic N) is 2. The maximum Gasteiger partial charge on any atom is 0.217 e. The van der Waals surface area contributed by atoms with E-state index >= 15 is 0 Å². The minimum Gasteiger partial charge on any atom is -0.425 e. The Hall–Kier alpha value is -0.900. The molecule has 4 nitrogen and oxygen atoms in total. The molecule has 1 heterocycles. The molecule has 0 aliphatic carbocycles. The third kappa shape index (κ3) is 2.31. The van der Waals surface area contributed by atoms with Gasteiger partial charge in [-0.15, -0.1) is 10.2 Å². The molecule has 0 bridgehead atoms. The molecule has 1 rings (SSSR count). The first-order valence-corrected chi connectivity index (χ1v) is 3.88. The predicted molar refractivity (Wildman–Crippen MR) is 41.1 cm³/mol. The third-order valence-electron chi connectivity index (χ3n) is 1.33. The Bertz CT molecular complexity index is 189. The number of hydrogen-bond acceptors (Lipinski definition) is 4. The van der Waals surface area contributed by atoms with Gasteiger partial charge in [0.05, 0.1) is 0 Å². The van der Waals surface area contributed by atoms with Crippen LogP contribution in [0.25, 0.3) is 0 Å². The molecule has 1 aromatic heterocycles. The Morgan fingerprint density at radius 2 is 1.91 bits per heavy atom. The molecular weight excluding hydrogens is 142 g/mol. The van der Waals surface area contributed by atoms with Crippen LogP contribution < -0.4 is 5.73 Å². The second kappa shape index (κ2) is 4.08. The lowest BCUT2D eigenvalue weighted by Gasteiger charge is -1.87. The molecule has 11 heavy (non-hydrogen) atoms. The summed E-state index contributed by atoms with van der Waals surface area (Å²) in [6, 6.07) is 0. The van der Waals surface area contributed by atoms with Crippen LogP contribution in [0.15, 0.2) is 4.42 Å². The van der Waals surface area contributed by atoms with Gasteiger partial charge in [0.1, 0.15) is 0 Å². The van der Waals surface area contributed by atoms with Crippen molar-refractivity contribution in [3.05, 3.63) is 11.8 Å². The summed E-state index contributed by atoms with van der Waals surface area (Å²) in [6.45, 7) is 2.64. The standard InChI is InChI=1S/C7H13N3O/c1-2-3-6-9-10-7(11-6)4-5-8/h2-5,8H2,1H3. The maximum atomic E-state index is 5.32. The van der Waals surface area contributed by atoms with Gasteiger partial charge in [0.2, 0.25) is 11.8 Å².